The number of hydrogen-bond donors (Lipinski definition) is 1. The van der Waals surface area contributed by atoms with Crippen LogP contribution in [0, 0.1) is 0 Å². The molecule has 2 rings (SSSR count). The van der Waals surface area contributed by atoms with Crippen molar-refractivity contribution in [2.75, 3.05) is 40.8 Å². The van der Waals surface area contributed by atoms with Crippen LogP contribution >= 0.6 is 0 Å². The fourth-order valence-corrected chi connectivity index (χ4v) is 4.80. The minimum Gasteiger partial charge on any atom is -0.413 e. The number of carbonyl (C=O) groups is 1. The summed E-state index contributed by atoms with van der Waals surface area (Å²) in [5, 5.41) is 3.67. The van der Waals surface area contributed by atoms with Gasteiger partial charge in [0, 0.05) is 45.3 Å². The molecule has 1 unspecified atom stereocenters. The molecule has 5 nitrogen and oxygen atoms in total. The molecular formula is C22H39N3O2Si. The van der Waals surface area contributed by atoms with E-state index in [9.17, 15) is 4.79 Å². The number of nitrogens with one attached hydrogen (secondary N) is 1. The van der Waals surface area contributed by atoms with E-state index in [2.05, 4.69) is 50.1 Å². The molecule has 1 aliphatic heterocycles. The van der Waals surface area contributed by atoms with Crippen molar-refractivity contribution in [2.24, 2.45) is 0 Å². The minimum atomic E-state index is -1.73. The van der Waals surface area contributed by atoms with E-state index < -0.39 is 8.32 Å². The summed E-state index contributed by atoms with van der Waals surface area (Å²) in [7, 11) is 3.84. The van der Waals surface area contributed by atoms with Gasteiger partial charge in [-0.2, -0.15) is 0 Å². The first kappa shape index (κ1) is 23.1. The number of benzene rings is 1. The zero-order valence-electron chi connectivity index (χ0n) is 19.0. The largest absolute Gasteiger partial charge is 0.413 e. The van der Waals surface area contributed by atoms with E-state index in [-0.39, 0.29) is 17.0 Å². The highest BCUT2D eigenvalue weighted by atomic mass is 28.4. The molecule has 0 spiro atoms. The first-order valence-corrected chi connectivity index (χ1v) is 13.2. The van der Waals surface area contributed by atoms with Crippen molar-refractivity contribution < 1.29 is 9.22 Å². The van der Waals surface area contributed by atoms with Crippen LogP contribution in [0.25, 0.3) is 0 Å². The Bertz CT molecular complexity index is 670. The van der Waals surface area contributed by atoms with Crippen LogP contribution < -0.4 is 5.32 Å². The summed E-state index contributed by atoms with van der Waals surface area (Å²) < 4.78 is 6.62. The standard InChI is InChI=1S/C22H39N3O2Si/c1-22(2,3)28(7,8)27-19-12-13-25(15-19)16-20(23-4)17-10-9-11-18(14-17)21(26)24(5)6/h9-11,14,19-20,23H,12-13,15-16H2,1-8H3/t19?,20-/m1/s1. The number of nitrogens with zero attached hydrogens (tertiary/aromatic N) is 2. The van der Waals surface area contributed by atoms with Gasteiger partial charge in [-0.15, -0.1) is 0 Å². The van der Waals surface area contributed by atoms with E-state index in [1.54, 1.807) is 19.0 Å². The molecule has 0 radical (unpaired) electrons. The van der Waals surface area contributed by atoms with E-state index in [1.807, 2.05) is 25.2 Å². The number of likely N-dealkylation sites (tertiary alicyclic amines) is 1. The SMILES string of the molecule is CN[C@H](CN1CCC(O[Si](C)(C)C(C)(C)C)C1)c1cccc(C(=O)N(C)C)c1. The Balaban J connectivity index is 2.01. The predicted octanol–water partition coefficient (Wildman–Crippen LogP) is 3.75. The van der Waals surface area contributed by atoms with E-state index in [4.69, 9.17) is 4.43 Å². The third-order valence-electron chi connectivity index (χ3n) is 6.23. The van der Waals surface area contributed by atoms with Crippen molar-refractivity contribution in [1.82, 2.24) is 15.1 Å². The second-order valence-corrected chi connectivity index (χ2v) is 14.5. The third kappa shape index (κ3) is 5.66. The Kier molecular flexibility index (Phi) is 7.48. The summed E-state index contributed by atoms with van der Waals surface area (Å²) in [4.78, 5) is 16.4. The highest BCUT2D eigenvalue weighted by Gasteiger charge is 2.40. The highest BCUT2D eigenvalue weighted by Crippen LogP contribution is 2.38. The normalized spacial score (nSPS) is 19.6. The van der Waals surface area contributed by atoms with Gasteiger partial charge in [0.15, 0.2) is 8.32 Å². The van der Waals surface area contributed by atoms with Crippen LogP contribution in [0.1, 0.15) is 49.2 Å². The second kappa shape index (κ2) is 9.07. The molecule has 1 N–H and O–H groups in total. The Morgan fingerprint density at radius 3 is 2.61 bits per heavy atom. The zero-order valence-corrected chi connectivity index (χ0v) is 20.0. The topological polar surface area (TPSA) is 44.8 Å². The Labute approximate surface area is 172 Å². The summed E-state index contributed by atoms with van der Waals surface area (Å²) in [6.07, 6.45) is 1.43. The lowest BCUT2D eigenvalue weighted by atomic mass is 10.0. The first-order valence-electron chi connectivity index (χ1n) is 10.3. The summed E-state index contributed by atoms with van der Waals surface area (Å²) in [5.41, 5.74) is 1.90. The van der Waals surface area contributed by atoms with Crippen LogP contribution in [0.3, 0.4) is 0 Å². The van der Waals surface area contributed by atoms with Crippen molar-refractivity contribution in [3.8, 4) is 0 Å². The van der Waals surface area contributed by atoms with Crippen LogP contribution in [0.2, 0.25) is 18.1 Å². The lowest BCUT2D eigenvalue weighted by Gasteiger charge is -2.38. The van der Waals surface area contributed by atoms with E-state index in [0.29, 0.717) is 6.10 Å². The van der Waals surface area contributed by atoms with Crippen LogP contribution in [-0.4, -0.2) is 70.9 Å². The Morgan fingerprint density at radius 1 is 1.36 bits per heavy atom. The molecule has 28 heavy (non-hydrogen) atoms. The van der Waals surface area contributed by atoms with Gasteiger partial charge in [0.2, 0.25) is 0 Å². The fourth-order valence-electron chi connectivity index (χ4n) is 3.42. The van der Waals surface area contributed by atoms with Crippen LogP contribution in [-0.2, 0) is 4.43 Å². The predicted molar refractivity (Wildman–Crippen MR) is 119 cm³/mol. The number of hydrogen-bond acceptors (Lipinski definition) is 4. The van der Waals surface area contributed by atoms with Crippen LogP contribution in [0.5, 0.6) is 0 Å². The Hall–Kier alpha value is -1.21. The average Bonchev–Trinajstić information content (AvgIpc) is 3.04. The maximum absolute atomic E-state index is 12.3. The minimum absolute atomic E-state index is 0.0423. The first-order chi connectivity index (χ1) is 12.9. The summed E-state index contributed by atoms with van der Waals surface area (Å²) in [6.45, 7) is 14.5. The van der Waals surface area contributed by atoms with Gasteiger partial charge in [-0.25, -0.2) is 0 Å². The monoisotopic (exact) mass is 405 g/mol. The molecule has 1 aromatic rings. The van der Waals surface area contributed by atoms with Crippen LogP contribution in [0.4, 0.5) is 0 Å². The van der Waals surface area contributed by atoms with Gasteiger partial charge in [0.05, 0.1) is 6.10 Å². The molecule has 158 valence electrons. The summed E-state index contributed by atoms with van der Waals surface area (Å²) in [5.74, 6) is 0.0423. The molecule has 0 saturated carbocycles. The molecule has 6 heteroatoms. The highest BCUT2D eigenvalue weighted by molar-refractivity contribution is 6.74. The summed E-state index contributed by atoms with van der Waals surface area (Å²) in [6, 6.07) is 8.18. The molecular weight excluding hydrogens is 366 g/mol. The van der Waals surface area contributed by atoms with Gasteiger partial charge in [-0.1, -0.05) is 32.9 Å². The van der Waals surface area contributed by atoms with Crippen molar-refractivity contribution in [3.05, 3.63) is 35.4 Å². The van der Waals surface area contributed by atoms with Gasteiger partial charge in [-0.3, -0.25) is 9.69 Å². The zero-order chi connectivity index (χ0) is 21.1. The number of rotatable bonds is 7. The molecule has 1 saturated heterocycles. The van der Waals surface area contributed by atoms with Crippen molar-refractivity contribution >= 4 is 14.2 Å². The number of amides is 1. The lowest BCUT2D eigenvalue weighted by molar-refractivity contribution is 0.0827. The third-order valence-corrected chi connectivity index (χ3v) is 10.8. The summed E-state index contributed by atoms with van der Waals surface area (Å²) >= 11 is 0. The van der Waals surface area contributed by atoms with Crippen molar-refractivity contribution in [3.63, 3.8) is 0 Å². The molecule has 1 amide bonds. The van der Waals surface area contributed by atoms with Gasteiger partial charge in [0.1, 0.15) is 0 Å². The maximum atomic E-state index is 12.3. The smallest absolute Gasteiger partial charge is 0.253 e. The van der Waals surface area contributed by atoms with Crippen molar-refractivity contribution in [2.45, 2.75) is 57.5 Å². The Morgan fingerprint density at radius 2 is 2.04 bits per heavy atom. The van der Waals surface area contributed by atoms with E-state index in [0.717, 1.165) is 37.2 Å². The molecule has 1 fully saturated rings. The lowest BCUT2D eigenvalue weighted by Crippen LogP contribution is -2.44. The van der Waals surface area contributed by atoms with Crippen LogP contribution in [0.15, 0.2) is 24.3 Å². The fraction of sp³-hybridized carbons (Fsp3) is 0.682. The van der Waals surface area contributed by atoms with Crippen molar-refractivity contribution in [1.29, 1.82) is 0 Å². The quantitative estimate of drug-likeness (QED) is 0.702. The molecule has 1 aliphatic rings. The van der Waals surface area contributed by atoms with Gasteiger partial charge < -0.3 is 14.6 Å². The molecule has 2 atom stereocenters. The molecule has 0 aromatic heterocycles. The number of likely N-dealkylation sites (N-methyl/N-ethyl adjacent to an activating group) is 1. The molecule has 0 bridgehead atoms. The maximum Gasteiger partial charge on any atom is 0.253 e. The number of carbonyl (C=O) groups excluding carboxylic acids is 1. The molecule has 0 aliphatic carbocycles. The van der Waals surface area contributed by atoms with E-state index in [1.165, 1.54) is 0 Å². The second-order valence-electron chi connectivity index (χ2n) is 9.71. The molecule has 1 heterocycles. The van der Waals surface area contributed by atoms with Gasteiger partial charge in [-0.05, 0) is 49.3 Å². The van der Waals surface area contributed by atoms with Gasteiger partial charge in [0.25, 0.3) is 5.91 Å². The van der Waals surface area contributed by atoms with E-state index >= 15 is 0 Å². The molecule has 1 aromatic carbocycles. The average molecular weight is 406 g/mol. The van der Waals surface area contributed by atoms with Gasteiger partial charge >= 0.3 is 0 Å².